The smallest absolute Gasteiger partial charge is 0.277 e. The summed E-state index contributed by atoms with van der Waals surface area (Å²) in [4.78, 5) is 12.1. The first-order valence-electron chi connectivity index (χ1n) is 6.71. The third kappa shape index (κ3) is 4.08. The van der Waals surface area contributed by atoms with Crippen LogP contribution in [0.1, 0.15) is 48.1 Å². The van der Waals surface area contributed by atoms with Crippen LogP contribution in [-0.4, -0.2) is 33.4 Å². The molecule has 0 saturated heterocycles. The zero-order chi connectivity index (χ0) is 15.4. The number of amides is 1. The fourth-order valence-corrected chi connectivity index (χ4v) is 2.50. The number of ether oxygens (including phenoxy) is 1. The molecule has 0 aromatic carbocycles. The molecule has 0 radical (unpaired) electrons. The third-order valence-electron chi connectivity index (χ3n) is 2.85. The summed E-state index contributed by atoms with van der Waals surface area (Å²) in [6, 6.07) is 1.76. The summed E-state index contributed by atoms with van der Waals surface area (Å²) in [6.07, 6.45) is 0.713. The Bertz CT molecular complexity index is 607. The fraction of sp³-hybridized carbons (Fsp3) is 0.538. The molecule has 2 aromatic rings. The van der Waals surface area contributed by atoms with E-state index in [2.05, 4.69) is 39.6 Å². The summed E-state index contributed by atoms with van der Waals surface area (Å²) in [7, 11) is 1.60. The number of carbonyl (C=O) groups is 1. The quantitative estimate of drug-likeness (QED) is 0.855. The Hall–Kier alpha value is -1.80. The van der Waals surface area contributed by atoms with Gasteiger partial charge in [-0.15, -0.1) is 10.2 Å². The first-order valence-corrected chi connectivity index (χ1v) is 7.53. The summed E-state index contributed by atoms with van der Waals surface area (Å²) in [5.41, 5.74) is 1.29. The van der Waals surface area contributed by atoms with Gasteiger partial charge in [0, 0.05) is 12.8 Å². The maximum Gasteiger partial charge on any atom is 0.277 e. The van der Waals surface area contributed by atoms with Gasteiger partial charge >= 0.3 is 0 Å². The van der Waals surface area contributed by atoms with E-state index in [9.17, 15) is 4.79 Å². The number of aromatic nitrogens is 4. The molecule has 0 fully saturated rings. The molecule has 0 bridgehead atoms. The normalized spacial score (nSPS) is 12.6. The highest BCUT2D eigenvalue weighted by atomic mass is 32.1. The highest BCUT2D eigenvalue weighted by molar-refractivity contribution is 7.15. The van der Waals surface area contributed by atoms with Crippen molar-refractivity contribution in [2.24, 2.45) is 5.92 Å². The molecule has 7 nitrogen and oxygen atoms in total. The predicted octanol–water partition coefficient (Wildman–Crippen LogP) is 2.42. The van der Waals surface area contributed by atoms with Gasteiger partial charge in [0.25, 0.3) is 5.91 Å². The van der Waals surface area contributed by atoms with Crippen molar-refractivity contribution in [2.75, 3.05) is 12.4 Å². The van der Waals surface area contributed by atoms with Crippen molar-refractivity contribution in [3.63, 3.8) is 0 Å². The lowest BCUT2D eigenvalue weighted by Crippen LogP contribution is -2.12. The molecule has 2 heterocycles. The van der Waals surface area contributed by atoms with E-state index in [1.165, 1.54) is 11.3 Å². The molecule has 0 aliphatic heterocycles. The second-order valence-electron chi connectivity index (χ2n) is 5.15. The Labute approximate surface area is 127 Å². The lowest BCUT2D eigenvalue weighted by molar-refractivity contribution is 0.102. The van der Waals surface area contributed by atoms with E-state index >= 15 is 0 Å². The standard InChI is InChI=1S/C13H19N5O2S/c1-7(2)5-9-6-10(16-15-9)11(19)14-13-18-17-12(21-13)8(3)20-4/h6-8H,5H2,1-4H3,(H,15,16)(H,14,18,19). The topological polar surface area (TPSA) is 92.8 Å². The summed E-state index contributed by atoms with van der Waals surface area (Å²) in [5, 5.41) is 18.6. The van der Waals surface area contributed by atoms with Crippen molar-refractivity contribution in [1.29, 1.82) is 0 Å². The average molecular weight is 309 g/mol. The molecule has 1 unspecified atom stereocenters. The van der Waals surface area contributed by atoms with Gasteiger partial charge in [0.2, 0.25) is 5.13 Å². The van der Waals surface area contributed by atoms with Crippen molar-refractivity contribution >= 4 is 22.4 Å². The van der Waals surface area contributed by atoms with E-state index in [0.29, 0.717) is 16.7 Å². The minimum absolute atomic E-state index is 0.142. The third-order valence-corrected chi connectivity index (χ3v) is 3.85. The lowest BCUT2D eigenvalue weighted by atomic mass is 10.1. The summed E-state index contributed by atoms with van der Waals surface area (Å²) in [6.45, 7) is 6.10. The zero-order valence-corrected chi connectivity index (χ0v) is 13.3. The fourth-order valence-electron chi connectivity index (χ4n) is 1.73. The van der Waals surface area contributed by atoms with Gasteiger partial charge in [-0.1, -0.05) is 25.2 Å². The van der Waals surface area contributed by atoms with Gasteiger partial charge in [-0.3, -0.25) is 15.2 Å². The molecular formula is C13H19N5O2S. The molecular weight excluding hydrogens is 290 g/mol. The highest BCUT2D eigenvalue weighted by Gasteiger charge is 2.16. The van der Waals surface area contributed by atoms with Gasteiger partial charge in [-0.25, -0.2) is 0 Å². The lowest BCUT2D eigenvalue weighted by Gasteiger charge is -2.02. The molecule has 0 aliphatic rings. The number of carbonyl (C=O) groups excluding carboxylic acids is 1. The number of hydrogen-bond acceptors (Lipinski definition) is 6. The summed E-state index contributed by atoms with van der Waals surface area (Å²) < 4.78 is 5.16. The van der Waals surface area contributed by atoms with E-state index in [1.807, 2.05) is 6.92 Å². The van der Waals surface area contributed by atoms with E-state index in [0.717, 1.165) is 17.1 Å². The number of anilines is 1. The number of hydrogen-bond donors (Lipinski definition) is 2. The van der Waals surface area contributed by atoms with Crippen LogP contribution in [0.4, 0.5) is 5.13 Å². The molecule has 8 heteroatoms. The molecule has 2 rings (SSSR count). The molecule has 0 saturated carbocycles. The second-order valence-corrected chi connectivity index (χ2v) is 6.16. The Morgan fingerprint density at radius 3 is 2.86 bits per heavy atom. The number of nitrogens with zero attached hydrogens (tertiary/aromatic N) is 3. The Kier molecular flexibility index (Phi) is 5.03. The summed E-state index contributed by atoms with van der Waals surface area (Å²) >= 11 is 1.29. The highest BCUT2D eigenvalue weighted by Crippen LogP contribution is 2.23. The van der Waals surface area contributed by atoms with Crippen LogP contribution < -0.4 is 5.32 Å². The first kappa shape index (κ1) is 15.6. The van der Waals surface area contributed by atoms with Crippen LogP contribution in [-0.2, 0) is 11.2 Å². The van der Waals surface area contributed by atoms with Crippen molar-refractivity contribution in [2.45, 2.75) is 33.3 Å². The first-order chi connectivity index (χ1) is 9.99. The molecule has 0 spiro atoms. The molecule has 1 atom stereocenters. The van der Waals surface area contributed by atoms with Crippen LogP contribution in [0.3, 0.4) is 0 Å². The van der Waals surface area contributed by atoms with Gasteiger partial charge in [0.05, 0.1) is 0 Å². The molecule has 2 N–H and O–H groups in total. The Morgan fingerprint density at radius 1 is 1.43 bits per heavy atom. The van der Waals surface area contributed by atoms with E-state index in [-0.39, 0.29) is 12.0 Å². The molecule has 114 valence electrons. The SMILES string of the molecule is COC(C)c1nnc(NC(=O)c2cc(CC(C)C)[nH]n2)s1. The number of methoxy groups -OCH3 is 1. The van der Waals surface area contributed by atoms with E-state index in [1.54, 1.807) is 13.2 Å². The van der Waals surface area contributed by atoms with Crippen LogP contribution in [0.15, 0.2) is 6.07 Å². The van der Waals surface area contributed by atoms with Crippen LogP contribution in [0.5, 0.6) is 0 Å². The number of rotatable bonds is 6. The van der Waals surface area contributed by atoms with Crippen LogP contribution in [0.25, 0.3) is 0 Å². The maximum atomic E-state index is 12.1. The molecule has 1 amide bonds. The Balaban J connectivity index is 2.00. The Morgan fingerprint density at radius 2 is 2.19 bits per heavy atom. The van der Waals surface area contributed by atoms with Gasteiger partial charge in [-0.05, 0) is 25.3 Å². The zero-order valence-electron chi connectivity index (χ0n) is 12.5. The monoisotopic (exact) mass is 309 g/mol. The number of H-pyrrole nitrogens is 1. The number of nitrogens with one attached hydrogen (secondary N) is 2. The van der Waals surface area contributed by atoms with Crippen molar-refractivity contribution in [3.05, 3.63) is 22.5 Å². The molecule has 21 heavy (non-hydrogen) atoms. The van der Waals surface area contributed by atoms with Gasteiger partial charge < -0.3 is 4.74 Å². The number of aromatic amines is 1. The molecule has 2 aromatic heterocycles. The van der Waals surface area contributed by atoms with Gasteiger partial charge in [0.1, 0.15) is 11.1 Å². The van der Waals surface area contributed by atoms with Crippen LogP contribution >= 0.6 is 11.3 Å². The largest absolute Gasteiger partial charge is 0.374 e. The van der Waals surface area contributed by atoms with Gasteiger partial charge in [0.15, 0.2) is 5.69 Å². The minimum atomic E-state index is -0.297. The maximum absolute atomic E-state index is 12.1. The van der Waals surface area contributed by atoms with Crippen LogP contribution in [0, 0.1) is 5.92 Å². The van der Waals surface area contributed by atoms with E-state index in [4.69, 9.17) is 4.74 Å². The minimum Gasteiger partial charge on any atom is -0.374 e. The van der Waals surface area contributed by atoms with Gasteiger partial charge in [-0.2, -0.15) is 5.10 Å². The average Bonchev–Trinajstić information content (AvgIpc) is 3.06. The van der Waals surface area contributed by atoms with E-state index < -0.39 is 0 Å². The predicted molar refractivity (Wildman–Crippen MR) is 80.4 cm³/mol. The van der Waals surface area contributed by atoms with Crippen molar-refractivity contribution < 1.29 is 9.53 Å². The van der Waals surface area contributed by atoms with Crippen LogP contribution in [0.2, 0.25) is 0 Å². The summed E-state index contributed by atoms with van der Waals surface area (Å²) in [5.74, 6) is 0.205. The molecule has 0 aliphatic carbocycles. The van der Waals surface area contributed by atoms with Crippen molar-refractivity contribution in [3.8, 4) is 0 Å². The second kappa shape index (κ2) is 6.77. The van der Waals surface area contributed by atoms with Crippen molar-refractivity contribution in [1.82, 2.24) is 20.4 Å².